The van der Waals surface area contributed by atoms with E-state index in [9.17, 15) is 4.79 Å². The van der Waals surface area contributed by atoms with Crippen molar-refractivity contribution in [1.82, 2.24) is 4.90 Å². The molecule has 120 valence electrons. The van der Waals surface area contributed by atoms with Gasteiger partial charge in [-0.1, -0.05) is 18.9 Å². The molecule has 2 unspecified atom stereocenters. The summed E-state index contributed by atoms with van der Waals surface area (Å²) in [6.45, 7) is 0.852. The number of nitrogens with zero attached hydrogens (tertiary/aromatic N) is 1. The normalized spacial score (nSPS) is 23.4. The van der Waals surface area contributed by atoms with Gasteiger partial charge in [-0.25, -0.2) is 0 Å². The van der Waals surface area contributed by atoms with Gasteiger partial charge in [0.1, 0.15) is 0 Å². The Morgan fingerprint density at radius 3 is 2.86 bits per heavy atom. The van der Waals surface area contributed by atoms with Gasteiger partial charge in [-0.3, -0.25) is 4.79 Å². The summed E-state index contributed by atoms with van der Waals surface area (Å²) < 4.78 is 10.7. The number of benzene rings is 1. The molecule has 2 N–H and O–H groups in total. The van der Waals surface area contributed by atoms with Gasteiger partial charge in [0.25, 0.3) is 0 Å². The molecule has 1 aliphatic heterocycles. The molecule has 0 radical (unpaired) electrons. The van der Waals surface area contributed by atoms with E-state index in [-0.39, 0.29) is 18.7 Å². The smallest absolute Gasteiger partial charge is 0.231 e. The van der Waals surface area contributed by atoms with Gasteiger partial charge in [-0.2, -0.15) is 0 Å². The minimum atomic E-state index is 0.167. The van der Waals surface area contributed by atoms with Crippen LogP contribution in [-0.4, -0.2) is 30.7 Å². The Hall–Kier alpha value is -1.75. The topological polar surface area (TPSA) is 64.8 Å². The first-order chi connectivity index (χ1) is 10.6. The van der Waals surface area contributed by atoms with Crippen molar-refractivity contribution in [3.05, 3.63) is 23.8 Å². The Morgan fingerprint density at radius 1 is 1.27 bits per heavy atom. The van der Waals surface area contributed by atoms with Crippen LogP contribution >= 0.6 is 0 Å². The average Bonchev–Trinajstić information content (AvgIpc) is 2.97. The Balaban J connectivity index is 1.56. The lowest BCUT2D eigenvalue weighted by molar-refractivity contribution is -0.131. The van der Waals surface area contributed by atoms with Gasteiger partial charge in [0.15, 0.2) is 11.5 Å². The highest BCUT2D eigenvalue weighted by molar-refractivity contribution is 5.76. The summed E-state index contributed by atoms with van der Waals surface area (Å²) in [5, 5.41) is 0. The lowest BCUT2D eigenvalue weighted by Crippen LogP contribution is -2.37. The molecule has 0 spiro atoms. The third-order valence-electron chi connectivity index (χ3n) is 4.69. The summed E-state index contributed by atoms with van der Waals surface area (Å²) in [6, 6.07) is 5.99. The SMILES string of the molecule is CN(Cc1ccc2c(c1)OCO2)C(=O)CC1CCCCC1N. The monoisotopic (exact) mass is 304 g/mol. The van der Waals surface area contributed by atoms with Crippen LogP contribution in [0, 0.1) is 5.92 Å². The van der Waals surface area contributed by atoms with Crippen LogP contribution in [0.3, 0.4) is 0 Å². The first-order valence-corrected chi connectivity index (χ1v) is 8.01. The van der Waals surface area contributed by atoms with Gasteiger partial charge in [-0.05, 0) is 36.5 Å². The molecule has 2 atom stereocenters. The molecule has 1 fully saturated rings. The molecule has 5 heteroatoms. The standard InChI is InChI=1S/C17H24N2O3/c1-19(17(20)9-13-4-2-3-5-14(13)18)10-12-6-7-15-16(8-12)22-11-21-15/h6-8,13-14H,2-5,9-11,18H2,1H3. The van der Waals surface area contributed by atoms with E-state index >= 15 is 0 Å². The van der Waals surface area contributed by atoms with Crippen molar-refractivity contribution in [3.8, 4) is 11.5 Å². The van der Waals surface area contributed by atoms with E-state index in [2.05, 4.69) is 0 Å². The van der Waals surface area contributed by atoms with E-state index in [1.807, 2.05) is 25.2 Å². The maximum Gasteiger partial charge on any atom is 0.231 e. The highest BCUT2D eigenvalue weighted by Gasteiger charge is 2.25. The number of nitrogens with two attached hydrogens (primary N) is 1. The Kier molecular flexibility index (Phi) is 4.52. The van der Waals surface area contributed by atoms with Crippen LogP contribution in [0.2, 0.25) is 0 Å². The number of hydrogen-bond acceptors (Lipinski definition) is 4. The summed E-state index contributed by atoms with van der Waals surface area (Å²) in [4.78, 5) is 14.2. The molecule has 22 heavy (non-hydrogen) atoms. The van der Waals surface area contributed by atoms with Crippen molar-refractivity contribution >= 4 is 5.91 Å². The molecule has 1 aromatic rings. The fourth-order valence-corrected chi connectivity index (χ4v) is 3.27. The number of carbonyl (C=O) groups excluding carboxylic acids is 1. The molecule has 5 nitrogen and oxygen atoms in total. The van der Waals surface area contributed by atoms with Crippen molar-refractivity contribution in [3.63, 3.8) is 0 Å². The van der Waals surface area contributed by atoms with Gasteiger partial charge in [-0.15, -0.1) is 0 Å². The first-order valence-electron chi connectivity index (χ1n) is 8.01. The molecule has 1 aromatic carbocycles. The Morgan fingerprint density at radius 2 is 2.05 bits per heavy atom. The van der Waals surface area contributed by atoms with E-state index < -0.39 is 0 Å². The van der Waals surface area contributed by atoms with Crippen molar-refractivity contribution in [1.29, 1.82) is 0 Å². The van der Waals surface area contributed by atoms with Crippen LogP contribution in [-0.2, 0) is 11.3 Å². The zero-order valence-electron chi connectivity index (χ0n) is 13.1. The summed E-state index contributed by atoms with van der Waals surface area (Å²) in [5.74, 6) is 2.03. The summed E-state index contributed by atoms with van der Waals surface area (Å²) in [5.41, 5.74) is 7.19. The van der Waals surface area contributed by atoms with Crippen molar-refractivity contribution in [2.75, 3.05) is 13.8 Å². The van der Waals surface area contributed by atoms with E-state index in [4.69, 9.17) is 15.2 Å². The van der Waals surface area contributed by atoms with E-state index in [0.29, 0.717) is 18.9 Å². The molecule has 1 aliphatic carbocycles. The third kappa shape index (κ3) is 3.35. The minimum Gasteiger partial charge on any atom is -0.454 e. The van der Waals surface area contributed by atoms with Crippen molar-refractivity contribution < 1.29 is 14.3 Å². The van der Waals surface area contributed by atoms with Crippen LogP contribution in [0.15, 0.2) is 18.2 Å². The second-order valence-corrected chi connectivity index (χ2v) is 6.35. The fraction of sp³-hybridized carbons (Fsp3) is 0.588. The molecule has 3 rings (SSSR count). The maximum atomic E-state index is 12.4. The van der Waals surface area contributed by atoms with Gasteiger partial charge < -0.3 is 20.1 Å². The number of carbonyl (C=O) groups is 1. The van der Waals surface area contributed by atoms with E-state index in [1.165, 1.54) is 12.8 Å². The van der Waals surface area contributed by atoms with Crippen molar-refractivity contribution in [2.24, 2.45) is 11.7 Å². The molecular weight excluding hydrogens is 280 g/mol. The van der Waals surface area contributed by atoms with E-state index in [0.717, 1.165) is 29.9 Å². The van der Waals surface area contributed by atoms with Gasteiger partial charge in [0.2, 0.25) is 12.7 Å². The van der Waals surface area contributed by atoms with Crippen LogP contribution in [0.4, 0.5) is 0 Å². The highest BCUT2D eigenvalue weighted by Crippen LogP contribution is 2.33. The molecular formula is C17H24N2O3. The fourth-order valence-electron chi connectivity index (χ4n) is 3.27. The molecule has 0 aromatic heterocycles. The second-order valence-electron chi connectivity index (χ2n) is 6.35. The first kappa shape index (κ1) is 15.2. The Labute approximate surface area is 131 Å². The molecule has 0 bridgehead atoms. The second kappa shape index (κ2) is 6.57. The molecule has 1 saturated carbocycles. The number of rotatable bonds is 4. The predicted molar refractivity (Wildman–Crippen MR) is 83.6 cm³/mol. The lowest BCUT2D eigenvalue weighted by Gasteiger charge is -2.29. The number of amides is 1. The number of fused-ring (bicyclic) bond motifs is 1. The minimum absolute atomic E-state index is 0.167. The number of ether oxygens (including phenoxy) is 2. The largest absolute Gasteiger partial charge is 0.454 e. The van der Waals surface area contributed by atoms with Crippen LogP contribution in [0.1, 0.15) is 37.7 Å². The summed E-state index contributed by atoms with van der Waals surface area (Å²) in [7, 11) is 1.85. The van der Waals surface area contributed by atoms with Gasteiger partial charge in [0, 0.05) is 26.1 Å². The highest BCUT2D eigenvalue weighted by atomic mass is 16.7. The third-order valence-corrected chi connectivity index (χ3v) is 4.69. The Bertz CT molecular complexity index is 547. The van der Waals surface area contributed by atoms with Crippen molar-refractivity contribution in [2.45, 2.75) is 44.7 Å². The van der Waals surface area contributed by atoms with Crippen LogP contribution < -0.4 is 15.2 Å². The van der Waals surface area contributed by atoms with Gasteiger partial charge >= 0.3 is 0 Å². The van der Waals surface area contributed by atoms with Crippen LogP contribution in [0.25, 0.3) is 0 Å². The van der Waals surface area contributed by atoms with Crippen LogP contribution in [0.5, 0.6) is 11.5 Å². The summed E-state index contributed by atoms with van der Waals surface area (Å²) >= 11 is 0. The van der Waals surface area contributed by atoms with E-state index in [1.54, 1.807) is 4.90 Å². The average molecular weight is 304 g/mol. The number of hydrogen-bond donors (Lipinski definition) is 1. The summed E-state index contributed by atoms with van der Waals surface area (Å²) in [6.07, 6.45) is 5.06. The lowest BCUT2D eigenvalue weighted by atomic mass is 9.83. The zero-order valence-corrected chi connectivity index (χ0v) is 13.1. The molecule has 0 saturated heterocycles. The zero-order chi connectivity index (χ0) is 15.5. The predicted octanol–water partition coefficient (Wildman–Crippen LogP) is 2.28. The van der Waals surface area contributed by atoms with Gasteiger partial charge in [0.05, 0.1) is 0 Å². The molecule has 1 amide bonds. The molecule has 1 heterocycles. The molecule has 2 aliphatic rings. The maximum absolute atomic E-state index is 12.4. The quantitative estimate of drug-likeness (QED) is 0.927.